The number of rotatable bonds is 2. The van der Waals surface area contributed by atoms with Crippen LogP contribution in [0.1, 0.15) is 55.9 Å². The molecule has 2 heterocycles. The monoisotopic (exact) mass is 291 g/mol. The molecule has 2 N–H and O–H groups in total. The van der Waals surface area contributed by atoms with E-state index in [9.17, 15) is 0 Å². The van der Waals surface area contributed by atoms with Crippen LogP contribution in [0.3, 0.4) is 0 Å². The molecule has 1 aliphatic carbocycles. The number of nitrogens with two attached hydrogens (primary N) is 1. The summed E-state index contributed by atoms with van der Waals surface area (Å²) in [5.74, 6) is 0. The average Bonchev–Trinajstić information content (AvgIpc) is 2.85. The molecule has 0 spiro atoms. The summed E-state index contributed by atoms with van der Waals surface area (Å²) in [6.07, 6.45) is 6.58. The number of aryl methyl sites for hydroxylation is 4. The second-order valence-electron chi connectivity index (χ2n) is 5.50. The van der Waals surface area contributed by atoms with Gasteiger partial charge in [-0.1, -0.05) is 6.42 Å². The Morgan fingerprint density at radius 3 is 2.58 bits per heavy atom. The van der Waals surface area contributed by atoms with Gasteiger partial charge in [-0.3, -0.25) is 0 Å². The summed E-state index contributed by atoms with van der Waals surface area (Å²) in [5, 5.41) is 0. The Bertz CT molecular complexity index is 556. The zero-order valence-electron chi connectivity index (χ0n) is 11.7. The molecule has 0 aromatic carbocycles. The van der Waals surface area contributed by atoms with Crippen molar-refractivity contribution in [2.75, 3.05) is 0 Å². The number of fused-ring (bicyclic) bond motifs is 1. The maximum absolute atomic E-state index is 6.50. The molecule has 3 heteroatoms. The van der Waals surface area contributed by atoms with E-state index in [4.69, 9.17) is 5.73 Å². The third kappa shape index (κ3) is 2.64. The maximum atomic E-state index is 6.50. The minimum Gasteiger partial charge on any atom is -0.320 e. The predicted molar refractivity (Wildman–Crippen MR) is 85.4 cm³/mol. The molecule has 0 amide bonds. The van der Waals surface area contributed by atoms with Crippen molar-refractivity contribution >= 4 is 22.7 Å². The first-order chi connectivity index (χ1) is 9.15. The maximum Gasteiger partial charge on any atom is 0.0657 e. The molecule has 0 bridgehead atoms. The van der Waals surface area contributed by atoms with Gasteiger partial charge in [-0.2, -0.15) is 0 Å². The Morgan fingerprint density at radius 2 is 1.84 bits per heavy atom. The highest BCUT2D eigenvalue weighted by Crippen LogP contribution is 2.36. The fraction of sp³-hybridized carbons (Fsp3) is 0.500. The van der Waals surface area contributed by atoms with Crippen LogP contribution >= 0.6 is 22.7 Å². The smallest absolute Gasteiger partial charge is 0.0657 e. The van der Waals surface area contributed by atoms with Crippen molar-refractivity contribution in [3.05, 3.63) is 42.8 Å². The van der Waals surface area contributed by atoms with Crippen molar-refractivity contribution < 1.29 is 0 Å². The van der Waals surface area contributed by atoms with Gasteiger partial charge in [0, 0.05) is 19.5 Å². The first kappa shape index (κ1) is 13.3. The Kier molecular flexibility index (Phi) is 3.79. The van der Waals surface area contributed by atoms with Crippen LogP contribution in [0, 0.1) is 13.8 Å². The summed E-state index contributed by atoms with van der Waals surface area (Å²) >= 11 is 3.80. The first-order valence-corrected chi connectivity index (χ1v) is 8.72. The van der Waals surface area contributed by atoms with E-state index in [0.717, 1.165) is 0 Å². The van der Waals surface area contributed by atoms with Gasteiger partial charge < -0.3 is 5.73 Å². The van der Waals surface area contributed by atoms with Crippen molar-refractivity contribution in [2.45, 2.75) is 52.0 Å². The van der Waals surface area contributed by atoms with E-state index in [1.54, 1.807) is 10.4 Å². The Hall–Kier alpha value is -0.640. The summed E-state index contributed by atoms with van der Waals surface area (Å²) in [6.45, 7) is 4.35. The highest BCUT2D eigenvalue weighted by atomic mass is 32.1. The molecule has 1 atom stereocenters. The fourth-order valence-electron chi connectivity index (χ4n) is 2.96. The summed E-state index contributed by atoms with van der Waals surface area (Å²) in [7, 11) is 0. The summed E-state index contributed by atoms with van der Waals surface area (Å²) in [4.78, 5) is 5.68. The third-order valence-corrected chi connectivity index (χ3v) is 6.29. The van der Waals surface area contributed by atoms with Crippen LogP contribution in [0.5, 0.6) is 0 Å². The molecular weight excluding hydrogens is 270 g/mol. The van der Waals surface area contributed by atoms with Crippen molar-refractivity contribution in [3.63, 3.8) is 0 Å². The SMILES string of the molecule is Cc1cc(C(N)c2cc3c(s2)CCCCC3)c(C)s1. The van der Waals surface area contributed by atoms with E-state index in [-0.39, 0.29) is 6.04 Å². The Balaban J connectivity index is 1.92. The molecule has 102 valence electrons. The van der Waals surface area contributed by atoms with Crippen molar-refractivity contribution in [2.24, 2.45) is 5.73 Å². The molecule has 0 aliphatic heterocycles. The minimum absolute atomic E-state index is 0.0712. The molecule has 0 fully saturated rings. The van der Waals surface area contributed by atoms with Gasteiger partial charge in [0.2, 0.25) is 0 Å². The standard InChI is InChI=1S/C16H21NS2/c1-10-8-13(11(2)18-10)16(17)15-9-12-6-4-3-5-7-14(12)19-15/h8-9,16H,3-7,17H2,1-2H3. The molecule has 1 nitrogen and oxygen atoms in total. The van der Waals surface area contributed by atoms with Crippen molar-refractivity contribution in [3.8, 4) is 0 Å². The van der Waals surface area contributed by atoms with Gasteiger partial charge in [0.05, 0.1) is 6.04 Å². The van der Waals surface area contributed by atoms with Gasteiger partial charge >= 0.3 is 0 Å². The quantitative estimate of drug-likeness (QED) is 0.794. The van der Waals surface area contributed by atoms with Crippen molar-refractivity contribution in [1.29, 1.82) is 0 Å². The first-order valence-electron chi connectivity index (χ1n) is 7.09. The van der Waals surface area contributed by atoms with E-state index in [1.165, 1.54) is 52.3 Å². The van der Waals surface area contributed by atoms with Crippen molar-refractivity contribution in [1.82, 2.24) is 0 Å². The van der Waals surface area contributed by atoms with E-state index in [0.29, 0.717) is 0 Å². The van der Waals surface area contributed by atoms with Gasteiger partial charge in [0.1, 0.15) is 0 Å². The highest BCUT2D eigenvalue weighted by molar-refractivity contribution is 7.12. The largest absolute Gasteiger partial charge is 0.320 e. The Morgan fingerprint density at radius 1 is 1.05 bits per heavy atom. The second kappa shape index (κ2) is 5.39. The average molecular weight is 291 g/mol. The molecule has 1 aliphatic rings. The van der Waals surface area contributed by atoms with Crippen LogP contribution in [0.4, 0.5) is 0 Å². The van der Waals surface area contributed by atoms with Crippen LogP contribution < -0.4 is 5.73 Å². The van der Waals surface area contributed by atoms with E-state index in [1.807, 2.05) is 22.7 Å². The van der Waals surface area contributed by atoms with Gasteiger partial charge in [0.15, 0.2) is 0 Å². The van der Waals surface area contributed by atoms with Crippen LogP contribution in [-0.4, -0.2) is 0 Å². The highest BCUT2D eigenvalue weighted by Gasteiger charge is 2.19. The van der Waals surface area contributed by atoms with Crippen LogP contribution in [-0.2, 0) is 12.8 Å². The zero-order valence-corrected chi connectivity index (χ0v) is 13.3. The molecule has 0 radical (unpaired) electrons. The fourth-order valence-corrected chi connectivity index (χ4v) is 5.21. The lowest BCUT2D eigenvalue weighted by Crippen LogP contribution is -2.10. The topological polar surface area (TPSA) is 26.0 Å². The van der Waals surface area contributed by atoms with Gasteiger partial charge in [-0.25, -0.2) is 0 Å². The lowest BCUT2D eigenvalue weighted by Gasteiger charge is -2.09. The number of hydrogen-bond acceptors (Lipinski definition) is 3. The summed E-state index contributed by atoms with van der Waals surface area (Å²) in [5.41, 5.74) is 9.38. The molecule has 1 unspecified atom stereocenters. The third-order valence-electron chi connectivity index (χ3n) is 3.99. The number of thiophene rings is 2. The van der Waals surface area contributed by atoms with E-state index >= 15 is 0 Å². The summed E-state index contributed by atoms with van der Waals surface area (Å²) < 4.78 is 0. The van der Waals surface area contributed by atoms with Gasteiger partial charge in [-0.15, -0.1) is 22.7 Å². The van der Waals surface area contributed by atoms with E-state index < -0.39 is 0 Å². The lowest BCUT2D eigenvalue weighted by molar-refractivity contribution is 0.712. The van der Waals surface area contributed by atoms with E-state index in [2.05, 4.69) is 26.0 Å². The second-order valence-corrected chi connectivity index (χ2v) is 8.13. The zero-order chi connectivity index (χ0) is 13.4. The van der Waals surface area contributed by atoms with Crippen LogP contribution in [0.15, 0.2) is 12.1 Å². The molecule has 3 rings (SSSR count). The lowest BCUT2D eigenvalue weighted by atomic mass is 10.1. The molecule has 2 aromatic heterocycles. The van der Waals surface area contributed by atoms with Crippen LogP contribution in [0.2, 0.25) is 0 Å². The minimum atomic E-state index is 0.0712. The molecule has 2 aromatic rings. The molecular formula is C16H21NS2. The predicted octanol–water partition coefficient (Wildman–Crippen LogP) is 4.74. The molecule has 19 heavy (non-hydrogen) atoms. The molecule has 0 saturated carbocycles. The van der Waals surface area contributed by atoms with Gasteiger partial charge in [-0.05, 0) is 62.8 Å². The summed E-state index contributed by atoms with van der Waals surface area (Å²) in [6, 6.07) is 4.71. The number of hydrogen-bond donors (Lipinski definition) is 1. The Labute approximate surface area is 123 Å². The normalized spacial score (nSPS) is 17.0. The van der Waals surface area contributed by atoms with Crippen LogP contribution in [0.25, 0.3) is 0 Å². The molecule has 0 saturated heterocycles. The van der Waals surface area contributed by atoms with Gasteiger partial charge in [0.25, 0.3) is 0 Å².